The van der Waals surface area contributed by atoms with E-state index in [0.717, 1.165) is 29.0 Å². The summed E-state index contributed by atoms with van der Waals surface area (Å²) < 4.78 is 0. The number of nitrogens with one attached hydrogen (secondary N) is 2. The van der Waals surface area contributed by atoms with Crippen molar-refractivity contribution in [1.29, 1.82) is 0 Å². The summed E-state index contributed by atoms with van der Waals surface area (Å²) in [4.78, 5) is 21.3. The highest BCUT2D eigenvalue weighted by atomic mass is 32.2. The molecule has 2 aromatic carbocycles. The zero-order valence-electron chi connectivity index (χ0n) is 13.3. The maximum atomic E-state index is 12.6. The van der Waals surface area contributed by atoms with E-state index in [1.807, 2.05) is 18.2 Å². The molecule has 0 fully saturated rings. The van der Waals surface area contributed by atoms with Crippen LogP contribution in [0.25, 0.3) is 11.0 Å². The number of rotatable bonds is 3. The average Bonchev–Trinajstić information content (AvgIpc) is 3.17. The lowest BCUT2D eigenvalue weighted by Crippen LogP contribution is -2.24. The Morgan fingerprint density at radius 2 is 2.25 bits per heavy atom. The SMILES string of the molecule is Cc1ccc2c(c1)SC(C(=O)Nc1ccc3nc(CN)[nH]c3c1)C2. The number of nitrogens with zero attached hydrogens (tertiary/aromatic N) is 1. The van der Waals surface area contributed by atoms with Crippen molar-refractivity contribution in [3.8, 4) is 0 Å². The molecule has 0 saturated heterocycles. The van der Waals surface area contributed by atoms with E-state index in [4.69, 9.17) is 5.73 Å². The van der Waals surface area contributed by atoms with Crippen molar-refractivity contribution in [3.63, 3.8) is 0 Å². The van der Waals surface area contributed by atoms with Crippen LogP contribution < -0.4 is 11.1 Å². The fraction of sp³-hybridized carbons (Fsp3) is 0.222. The summed E-state index contributed by atoms with van der Waals surface area (Å²) in [7, 11) is 0. The van der Waals surface area contributed by atoms with E-state index in [-0.39, 0.29) is 11.2 Å². The molecule has 0 radical (unpaired) electrons. The fourth-order valence-electron chi connectivity index (χ4n) is 2.94. The molecule has 1 amide bonds. The number of carbonyl (C=O) groups is 1. The summed E-state index contributed by atoms with van der Waals surface area (Å²) in [6, 6.07) is 12.0. The van der Waals surface area contributed by atoms with Gasteiger partial charge in [-0.05, 0) is 43.2 Å². The Morgan fingerprint density at radius 3 is 3.08 bits per heavy atom. The molecule has 0 saturated carbocycles. The van der Waals surface area contributed by atoms with E-state index in [1.165, 1.54) is 16.0 Å². The molecule has 122 valence electrons. The number of nitrogens with two attached hydrogens (primary N) is 1. The van der Waals surface area contributed by atoms with Crippen LogP contribution in [0.2, 0.25) is 0 Å². The van der Waals surface area contributed by atoms with Crippen LogP contribution in [-0.4, -0.2) is 21.1 Å². The molecule has 1 aliphatic rings. The highest BCUT2D eigenvalue weighted by Gasteiger charge is 2.28. The van der Waals surface area contributed by atoms with Crippen LogP contribution in [0.4, 0.5) is 5.69 Å². The van der Waals surface area contributed by atoms with Gasteiger partial charge in [-0.25, -0.2) is 4.98 Å². The molecule has 1 aliphatic heterocycles. The smallest absolute Gasteiger partial charge is 0.238 e. The number of hydrogen-bond donors (Lipinski definition) is 3. The Morgan fingerprint density at radius 1 is 1.38 bits per heavy atom. The number of carbonyl (C=O) groups excluding carboxylic acids is 1. The van der Waals surface area contributed by atoms with Crippen LogP contribution in [0.5, 0.6) is 0 Å². The highest BCUT2D eigenvalue weighted by molar-refractivity contribution is 8.01. The van der Waals surface area contributed by atoms with Gasteiger partial charge in [0.05, 0.1) is 22.8 Å². The second-order valence-corrected chi connectivity index (χ2v) is 7.28. The first-order chi connectivity index (χ1) is 11.6. The molecule has 6 heteroatoms. The third-order valence-electron chi connectivity index (χ3n) is 4.18. The summed E-state index contributed by atoms with van der Waals surface area (Å²) >= 11 is 1.64. The normalized spacial score (nSPS) is 16.3. The number of aromatic amines is 1. The monoisotopic (exact) mass is 338 g/mol. The Bertz CT molecular complexity index is 934. The summed E-state index contributed by atoms with van der Waals surface area (Å²) in [6.07, 6.45) is 0.774. The van der Waals surface area contributed by atoms with Gasteiger partial charge < -0.3 is 16.0 Å². The van der Waals surface area contributed by atoms with Crippen molar-refractivity contribution in [2.45, 2.75) is 30.0 Å². The Balaban J connectivity index is 1.50. The molecule has 4 rings (SSSR count). The van der Waals surface area contributed by atoms with Gasteiger partial charge in [0.25, 0.3) is 0 Å². The number of anilines is 1. The van der Waals surface area contributed by atoms with Crippen molar-refractivity contribution in [1.82, 2.24) is 9.97 Å². The molecule has 0 aliphatic carbocycles. The molecule has 1 unspecified atom stereocenters. The van der Waals surface area contributed by atoms with Gasteiger partial charge in [0.15, 0.2) is 0 Å². The van der Waals surface area contributed by atoms with E-state index in [1.54, 1.807) is 11.8 Å². The van der Waals surface area contributed by atoms with Gasteiger partial charge in [-0.3, -0.25) is 4.79 Å². The first-order valence-electron chi connectivity index (χ1n) is 7.88. The summed E-state index contributed by atoms with van der Waals surface area (Å²) in [5.74, 6) is 0.775. The minimum absolute atomic E-state index is 0.0340. The van der Waals surface area contributed by atoms with Gasteiger partial charge in [0.1, 0.15) is 5.82 Å². The minimum Gasteiger partial charge on any atom is -0.341 e. The van der Waals surface area contributed by atoms with Crippen molar-refractivity contribution < 1.29 is 4.79 Å². The Hall–Kier alpha value is -2.31. The zero-order valence-corrected chi connectivity index (χ0v) is 14.1. The van der Waals surface area contributed by atoms with Crippen LogP contribution in [-0.2, 0) is 17.8 Å². The number of benzene rings is 2. The van der Waals surface area contributed by atoms with Gasteiger partial charge in [-0.1, -0.05) is 17.7 Å². The topological polar surface area (TPSA) is 83.8 Å². The fourth-order valence-corrected chi connectivity index (χ4v) is 4.23. The summed E-state index contributed by atoms with van der Waals surface area (Å²) in [5.41, 5.74) is 10.6. The van der Waals surface area contributed by atoms with Gasteiger partial charge in [0.2, 0.25) is 5.91 Å². The van der Waals surface area contributed by atoms with Crippen LogP contribution in [0.15, 0.2) is 41.3 Å². The van der Waals surface area contributed by atoms with Crippen molar-refractivity contribution in [2.75, 3.05) is 5.32 Å². The van der Waals surface area contributed by atoms with E-state index in [9.17, 15) is 4.79 Å². The van der Waals surface area contributed by atoms with Gasteiger partial charge in [0, 0.05) is 10.6 Å². The molecular weight excluding hydrogens is 320 g/mol. The average molecular weight is 338 g/mol. The number of amides is 1. The summed E-state index contributed by atoms with van der Waals surface area (Å²) in [5, 5.41) is 2.93. The van der Waals surface area contributed by atoms with Gasteiger partial charge in [-0.2, -0.15) is 0 Å². The van der Waals surface area contributed by atoms with E-state index >= 15 is 0 Å². The molecule has 5 nitrogen and oxygen atoms in total. The lowest BCUT2D eigenvalue weighted by atomic mass is 10.1. The number of aromatic nitrogens is 2. The number of aryl methyl sites for hydroxylation is 1. The Labute approximate surface area is 144 Å². The van der Waals surface area contributed by atoms with Crippen molar-refractivity contribution in [3.05, 3.63) is 53.3 Å². The molecule has 0 bridgehead atoms. The second-order valence-electron chi connectivity index (χ2n) is 6.03. The summed E-state index contributed by atoms with van der Waals surface area (Å²) in [6.45, 7) is 2.44. The van der Waals surface area contributed by atoms with Crippen LogP contribution >= 0.6 is 11.8 Å². The van der Waals surface area contributed by atoms with Crippen molar-refractivity contribution >= 4 is 34.4 Å². The van der Waals surface area contributed by atoms with Crippen LogP contribution in [0.1, 0.15) is 17.0 Å². The number of imidazole rings is 1. The third kappa shape index (κ3) is 2.79. The molecule has 0 spiro atoms. The third-order valence-corrected chi connectivity index (χ3v) is 5.48. The molecule has 2 heterocycles. The molecule has 4 N–H and O–H groups in total. The number of H-pyrrole nitrogens is 1. The highest BCUT2D eigenvalue weighted by Crippen LogP contribution is 2.38. The lowest BCUT2D eigenvalue weighted by Gasteiger charge is -2.10. The van der Waals surface area contributed by atoms with Crippen LogP contribution in [0, 0.1) is 6.92 Å². The number of hydrogen-bond acceptors (Lipinski definition) is 4. The molecule has 24 heavy (non-hydrogen) atoms. The molecular formula is C18H18N4OS. The molecule has 3 aromatic rings. The predicted octanol–water partition coefficient (Wildman–Crippen LogP) is 2.99. The number of thioether (sulfide) groups is 1. The standard InChI is InChI=1S/C18H18N4OS/c1-10-2-3-11-7-16(24-15(11)6-10)18(23)20-12-4-5-13-14(8-12)22-17(9-19)21-13/h2-6,8,16H,7,9,19H2,1H3,(H,20,23)(H,21,22). The van der Waals surface area contributed by atoms with Crippen molar-refractivity contribution in [2.24, 2.45) is 5.73 Å². The Kier molecular flexibility index (Phi) is 3.78. The van der Waals surface area contributed by atoms with Gasteiger partial charge >= 0.3 is 0 Å². The second kappa shape index (κ2) is 5.96. The van der Waals surface area contributed by atoms with E-state index < -0.39 is 0 Å². The van der Waals surface area contributed by atoms with E-state index in [2.05, 4.69) is 40.4 Å². The lowest BCUT2D eigenvalue weighted by molar-refractivity contribution is -0.115. The quantitative estimate of drug-likeness (QED) is 0.685. The zero-order chi connectivity index (χ0) is 16.7. The van der Waals surface area contributed by atoms with Crippen LogP contribution in [0.3, 0.4) is 0 Å². The number of fused-ring (bicyclic) bond motifs is 2. The maximum Gasteiger partial charge on any atom is 0.238 e. The minimum atomic E-state index is -0.0844. The predicted molar refractivity (Wildman–Crippen MR) is 97.1 cm³/mol. The largest absolute Gasteiger partial charge is 0.341 e. The maximum absolute atomic E-state index is 12.6. The van der Waals surface area contributed by atoms with E-state index in [0.29, 0.717) is 6.54 Å². The molecule has 1 atom stereocenters. The molecule has 1 aromatic heterocycles. The first kappa shape index (κ1) is 15.2. The van der Waals surface area contributed by atoms with Gasteiger partial charge in [-0.15, -0.1) is 11.8 Å². The first-order valence-corrected chi connectivity index (χ1v) is 8.76.